The van der Waals surface area contributed by atoms with E-state index in [0.717, 1.165) is 32.6 Å². The zero-order chi connectivity index (χ0) is 60.3. The summed E-state index contributed by atoms with van der Waals surface area (Å²) in [5, 5.41) is 30.4. The molecule has 0 unspecified atom stereocenters. The quantitative estimate of drug-likeness (QED) is 0.0230. The fourth-order valence-corrected chi connectivity index (χ4v) is 15.9. The van der Waals surface area contributed by atoms with E-state index in [0.29, 0.717) is 0 Å². The molecule has 0 spiro atoms. The van der Waals surface area contributed by atoms with E-state index in [4.69, 9.17) is 47.1 Å². The molecular formula is C62H70N12O11Si. The molecule has 24 heteroatoms. The number of aliphatic hydroxyl groups excluding tert-OH is 1. The standard InChI is InChI=1S/C62H70N12O11Si/c1-41-50(67-71-63)56(51(68-72-64)61(80-41)85-86(62(2,3)4,46-31-19-9-20-32-46)47-33-21-10-22-34-47)84-60-53(70-74-66)58(79-38-45-29-17-8-18-30-45)55(49(82-60)40-77-36-43-25-13-6-14-26-43)83-59-52(69-73-65)57(78-37-44-27-15-7-16-28-44)54(75)48(81-59)39-76-35-42-23-11-5-12-24-42/h5-34,41,48-61,75H,35-40H2,1-4H3/t41-,48-,49-,50-,51-,52-,53-,54+,55+,56+,57-,58-,59-,60+,61+/m1/s1. The van der Waals surface area contributed by atoms with Gasteiger partial charge in [0.15, 0.2) is 18.9 Å². The van der Waals surface area contributed by atoms with Gasteiger partial charge in [0, 0.05) is 19.6 Å². The van der Waals surface area contributed by atoms with Crippen molar-refractivity contribution in [2.45, 2.75) is 151 Å². The second kappa shape index (κ2) is 30.6. The number of aliphatic hydroxyl groups is 1. The number of ether oxygens (including phenoxy) is 9. The Bertz CT molecular complexity index is 3220. The van der Waals surface area contributed by atoms with Crippen molar-refractivity contribution in [3.63, 3.8) is 0 Å². The van der Waals surface area contributed by atoms with Crippen molar-refractivity contribution in [2.75, 3.05) is 13.2 Å². The van der Waals surface area contributed by atoms with Gasteiger partial charge in [-0.05, 0) is 66.7 Å². The average Bonchev–Trinajstić information content (AvgIpc) is 0.874. The number of hydrogen-bond donors (Lipinski definition) is 1. The Morgan fingerprint density at radius 1 is 0.442 bits per heavy atom. The fourth-order valence-electron chi connectivity index (χ4n) is 11.3. The lowest BCUT2D eigenvalue weighted by Crippen LogP contribution is -2.71. The molecule has 3 aliphatic heterocycles. The molecule has 0 amide bonds. The molecule has 9 rings (SSSR count). The maximum absolute atomic E-state index is 12.2. The molecular weight excluding hydrogens is 1120 g/mol. The van der Waals surface area contributed by atoms with Crippen LogP contribution < -0.4 is 10.4 Å². The Balaban J connectivity index is 1.13. The fraction of sp³-hybridized carbons (Fsp3) is 0.419. The van der Waals surface area contributed by atoms with Crippen LogP contribution in [0.5, 0.6) is 0 Å². The van der Waals surface area contributed by atoms with Gasteiger partial charge in [0.1, 0.15) is 48.6 Å². The molecule has 448 valence electrons. The zero-order valence-electron chi connectivity index (χ0n) is 48.1. The van der Waals surface area contributed by atoms with Crippen LogP contribution in [0.3, 0.4) is 0 Å². The van der Waals surface area contributed by atoms with Crippen molar-refractivity contribution in [1.82, 2.24) is 0 Å². The van der Waals surface area contributed by atoms with Gasteiger partial charge in [-0.2, -0.15) is 0 Å². The minimum absolute atomic E-state index is 0.00982. The average molecular weight is 1190 g/mol. The predicted octanol–water partition coefficient (Wildman–Crippen LogP) is 11.2. The van der Waals surface area contributed by atoms with Gasteiger partial charge in [0.2, 0.25) is 0 Å². The molecule has 3 heterocycles. The van der Waals surface area contributed by atoms with Gasteiger partial charge in [0.25, 0.3) is 8.32 Å². The maximum atomic E-state index is 12.2. The van der Waals surface area contributed by atoms with Crippen molar-refractivity contribution < 1.29 is 52.2 Å². The summed E-state index contributed by atoms with van der Waals surface area (Å²) in [6.07, 6.45) is -14.4. The lowest BCUT2D eigenvalue weighted by Gasteiger charge is -2.51. The predicted molar refractivity (Wildman–Crippen MR) is 320 cm³/mol. The van der Waals surface area contributed by atoms with E-state index in [1.54, 1.807) is 6.92 Å². The normalized spacial score (nSPS) is 27.5. The highest BCUT2D eigenvalue weighted by Crippen LogP contribution is 2.42. The first kappa shape index (κ1) is 62.9. The summed E-state index contributed by atoms with van der Waals surface area (Å²) in [4.78, 5) is 13.0. The van der Waals surface area contributed by atoms with Crippen molar-refractivity contribution in [3.05, 3.63) is 246 Å². The summed E-state index contributed by atoms with van der Waals surface area (Å²) >= 11 is 0. The lowest BCUT2D eigenvalue weighted by atomic mass is 9.93. The lowest BCUT2D eigenvalue weighted by molar-refractivity contribution is -0.346. The number of azide groups is 4. The van der Waals surface area contributed by atoms with E-state index in [9.17, 15) is 27.2 Å². The zero-order valence-corrected chi connectivity index (χ0v) is 49.1. The summed E-state index contributed by atoms with van der Waals surface area (Å²) in [5.74, 6) is 0. The Kier molecular flexibility index (Phi) is 22.4. The van der Waals surface area contributed by atoms with Crippen molar-refractivity contribution >= 4 is 18.7 Å². The molecule has 6 aromatic rings. The number of benzene rings is 6. The van der Waals surface area contributed by atoms with Crippen LogP contribution in [0.15, 0.2) is 202 Å². The summed E-state index contributed by atoms with van der Waals surface area (Å²) in [5.41, 5.74) is 44.8. The summed E-state index contributed by atoms with van der Waals surface area (Å²) in [6.45, 7) is 7.82. The Morgan fingerprint density at radius 3 is 1.24 bits per heavy atom. The molecule has 0 bridgehead atoms. The monoisotopic (exact) mass is 1190 g/mol. The number of rotatable bonds is 26. The first-order chi connectivity index (χ1) is 42.0. The Hall–Kier alpha value is -7.66. The van der Waals surface area contributed by atoms with E-state index in [-0.39, 0.29) is 39.6 Å². The molecule has 86 heavy (non-hydrogen) atoms. The van der Waals surface area contributed by atoms with Gasteiger partial charge >= 0.3 is 0 Å². The van der Waals surface area contributed by atoms with Crippen LogP contribution in [0.25, 0.3) is 41.8 Å². The van der Waals surface area contributed by atoms with Gasteiger partial charge in [-0.1, -0.05) is 223 Å². The number of nitrogens with zero attached hydrogens (tertiary/aromatic N) is 12. The van der Waals surface area contributed by atoms with Gasteiger partial charge in [0.05, 0.1) is 64.0 Å². The molecule has 0 radical (unpaired) electrons. The van der Waals surface area contributed by atoms with E-state index in [1.165, 1.54) is 0 Å². The molecule has 6 aromatic carbocycles. The Labute approximate surface area is 499 Å². The van der Waals surface area contributed by atoms with Crippen LogP contribution in [0.4, 0.5) is 0 Å². The number of hydrogen-bond acceptors (Lipinski definition) is 15. The summed E-state index contributed by atoms with van der Waals surface area (Å²) in [6, 6.07) is 51.7. The van der Waals surface area contributed by atoms with E-state index in [2.05, 4.69) is 60.9 Å². The summed E-state index contributed by atoms with van der Waals surface area (Å²) < 4.78 is 68.1. The molecule has 0 saturated carbocycles. The third-order valence-electron chi connectivity index (χ3n) is 15.4. The SMILES string of the molecule is C[C@H]1O[C@@H](O[Si](c2ccccc2)(c2ccccc2)C(C)(C)C)[C@H](N=[N+]=[N-])[C@@H](O[C@@H]2O[C@H](COCc3ccccc3)[C@H](O[C@H]3O[C@H](COCc4ccccc4)[C@H](O)[C@H](OCc4ccccc4)[C@H]3N=[N+]=[N-])[C@H](OCc3ccccc3)[C@H]2N=[N+]=[N-])[C@@H]1N=[N+]=[N-]. The molecule has 15 atom stereocenters. The molecule has 3 saturated heterocycles. The van der Waals surface area contributed by atoms with Gasteiger partial charge < -0.3 is 52.2 Å². The minimum atomic E-state index is -3.49. The van der Waals surface area contributed by atoms with Crippen LogP contribution in [-0.4, -0.2) is 119 Å². The second-order valence-electron chi connectivity index (χ2n) is 22.1. The van der Waals surface area contributed by atoms with Crippen molar-refractivity contribution in [1.29, 1.82) is 0 Å². The largest absolute Gasteiger partial charge is 0.388 e. The topological polar surface area (TPSA) is 308 Å². The van der Waals surface area contributed by atoms with Crippen LogP contribution in [0, 0.1) is 0 Å². The highest BCUT2D eigenvalue weighted by Gasteiger charge is 2.58. The molecule has 0 aromatic heterocycles. The molecule has 3 aliphatic rings. The van der Waals surface area contributed by atoms with Gasteiger partial charge in [-0.15, -0.1) is 0 Å². The van der Waals surface area contributed by atoms with Crippen LogP contribution in [0.2, 0.25) is 5.04 Å². The van der Waals surface area contributed by atoms with Gasteiger partial charge in [-0.25, -0.2) is 0 Å². The van der Waals surface area contributed by atoms with Crippen molar-refractivity contribution in [3.8, 4) is 0 Å². The van der Waals surface area contributed by atoms with Gasteiger partial charge in [-0.3, -0.25) is 0 Å². The van der Waals surface area contributed by atoms with Crippen LogP contribution >= 0.6 is 0 Å². The van der Waals surface area contributed by atoms with Crippen LogP contribution in [-0.2, 0) is 73.5 Å². The highest BCUT2D eigenvalue weighted by atomic mass is 28.4. The van der Waals surface area contributed by atoms with Crippen LogP contribution in [0.1, 0.15) is 49.9 Å². The molecule has 3 fully saturated rings. The third kappa shape index (κ3) is 15.3. The molecule has 1 N–H and O–H groups in total. The highest BCUT2D eigenvalue weighted by molar-refractivity contribution is 6.99. The third-order valence-corrected chi connectivity index (χ3v) is 20.4. The Morgan fingerprint density at radius 2 is 0.802 bits per heavy atom. The first-order valence-electron chi connectivity index (χ1n) is 28.4. The maximum Gasteiger partial charge on any atom is 0.264 e. The molecule has 0 aliphatic carbocycles. The molecule has 23 nitrogen and oxygen atoms in total. The first-order valence-corrected chi connectivity index (χ1v) is 30.3. The van der Waals surface area contributed by atoms with E-state index >= 15 is 0 Å². The van der Waals surface area contributed by atoms with E-state index < -0.39 is 105 Å². The second-order valence-corrected chi connectivity index (χ2v) is 26.3. The smallest absolute Gasteiger partial charge is 0.264 e. The van der Waals surface area contributed by atoms with Crippen molar-refractivity contribution in [2.24, 2.45) is 20.5 Å². The minimum Gasteiger partial charge on any atom is -0.388 e. The summed E-state index contributed by atoms with van der Waals surface area (Å²) in [7, 11) is -3.49. The van der Waals surface area contributed by atoms with E-state index in [1.807, 2.05) is 182 Å².